The van der Waals surface area contributed by atoms with Crippen molar-refractivity contribution in [1.29, 1.82) is 0 Å². The van der Waals surface area contributed by atoms with Gasteiger partial charge in [0.1, 0.15) is 11.4 Å². The molecule has 130 valence electrons. The summed E-state index contributed by atoms with van der Waals surface area (Å²) in [5, 5.41) is 11.1. The van der Waals surface area contributed by atoms with Crippen molar-refractivity contribution < 1.29 is 9.53 Å². The fourth-order valence-electron chi connectivity index (χ4n) is 2.55. The van der Waals surface area contributed by atoms with Crippen LogP contribution in [0.2, 0.25) is 0 Å². The molecular weight excluding hydrogens is 306 g/mol. The van der Waals surface area contributed by atoms with Crippen LogP contribution in [0.25, 0.3) is 5.69 Å². The van der Waals surface area contributed by atoms with Gasteiger partial charge in [-0.25, -0.2) is 4.68 Å². The summed E-state index contributed by atoms with van der Waals surface area (Å²) >= 11 is 0. The van der Waals surface area contributed by atoms with E-state index >= 15 is 0 Å². The van der Waals surface area contributed by atoms with Crippen LogP contribution in [0.4, 0.5) is 0 Å². The first-order valence-corrected chi connectivity index (χ1v) is 8.12. The second-order valence-corrected chi connectivity index (χ2v) is 5.73. The lowest BCUT2D eigenvalue weighted by atomic mass is 9.81. The first-order chi connectivity index (χ1) is 11.6. The van der Waals surface area contributed by atoms with Crippen molar-refractivity contribution in [2.24, 2.45) is 11.1 Å². The summed E-state index contributed by atoms with van der Waals surface area (Å²) in [7, 11) is 1.62. The average molecular weight is 331 g/mol. The molecule has 0 radical (unpaired) electrons. The first kappa shape index (κ1) is 17.9. The third-order valence-electron chi connectivity index (χ3n) is 4.53. The van der Waals surface area contributed by atoms with Crippen molar-refractivity contribution >= 4 is 5.91 Å². The van der Waals surface area contributed by atoms with Crippen LogP contribution in [-0.2, 0) is 11.3 Å². The molecule has 0 unspecified atom stereocenters. The Hall–Kier alpha value is -2.41. The van der Waals surface area contributed by atoms with Crippen molar-refractivity contribution in [3.05, 3.63) is 36.2 Å². The summed E-state index contributed by atoms with van der Waals surface area (Å²) in [6.07, 6.45) is 3.22. The van der Waals surface area contributed by atoms with Gasteiger partial charge >= 0.3 is 0 Å². The number of methoxy groups -OCH3 is 1. The predicted octanol–water partition coefficient (Wildman–Crippen LogP) is 1.66. The van der Waals surface area contributed by atoms with Gasteiger partial charge in [-0.3, -0.25) is 4.79 Å². The monoisotopic (exact) mass is 331 g/mol. The van der Waals surface area contributed by atoms with Crippen LogP contribution in [0.15, 0.2) is 30.5 Å². The molecule has 0 bridgehead atoms. The highest BCUT2D eigenvalue weighted by Gasteiger charge is 2.33. The van der Waals surface area contributed by atoms with Crippen LogP contribution < -0.4 is 15.8 Å². The number of carbonyl (C=O) groups is 1. The Morgan fingerprint density at radius 1 is 1.29 bits per heavy atom. The van der Waals surface area contributed by atoms with E-state index in [-0.39, 0.29) is 5.91 Å². The second kappa shape index (κ2) is 7.92. The Kier molecular flexibility index (Phi) is 5.92. The molecule has 3 N–H and O–H groups in total. The number of nitrogens with two attached hydrogens (primary N) is 1. The predicted molar refractivity (Wildman–Crippen MR) is 91.8 cm³/mol. The molecule has 0 saturated heterocycles. The normalized spacial score (nSPS) is 11.3. The molecule has 1 amide bonds. The number of nitrogens with one attached hydrogen (secondary N) is 1. The number of hydrogen-bond acceptors (Lipinski definition) is 5. The minimum Gasteiger partial charge on any atom is -0.497 e. The van der Waals surface area contributed by atoms with Gasteiger partial charge in [-0.1, -0.05) is 19.1 Å². The first-order valence-electron chi connectivity index (χ1n) is 8.12. The second-order valence-electron chi connectivity index (χ2n) is 5.73. The van der Waals surface area contributed by atoms with Gasteiger partial charge in [0.05, 0.1) is 31.0 Å². The van der Waals surface area contributed by atoms with Crippen molar-refractivity contribution in [2.45, 2.75) is 33.2 Å². The van der Waals surface area contributed by atoms with Crippen LogP contribution in [0.1, 0.15) is 32.4 Å². The molecule has 1 aromatic heterocycles. The largest absolute Gasteiger partial charge is 0.497 e. The summed E-state index contributed by atoms with van der Waals surface area (Å²) in [4.78, 5) is 12.4. The number of hydrogen-bond donors (Lipinski definition) is 2. The van der Waals surface area contributed by atoms with E-state index in [0.29, 0.717) is 31.6 Å². The number of rotatable bonds is 8. The minimum absolute atomic E-state index is 0.0333. The summed E-state index contributed by atoms with van der Waals surface area (Å²) in [5.74, 6) is 0.748. The molecule has 0 fully saturated rings. The van der Waals surface area contributed by atoms with E-state index in [2.05, 4.69) is 15.6 Å². The molecule has 1 heterocycles. The van der Waals surface area contributed by atoms with E-state index in [1.807, 2.05) is 38.1 Å². The van der Waals surface area contributed by atoms with E-state index in [1.54, 1.807) is 18.0 Å². The lowest BCUT2D eigenvalue weighted by Gasteiger charge is -2.28. The maximum absolute atomic E-state index is 12.4. The van der Waals surface area contributed by atoms with Crippen molar-refractivity contribution in [2.75, 3.05) is 13.7 Å². The zero-order valence-electron chi connectivity index (χ0n) is 14.5. The Balaban J connectivity index is 2.02. The van der Waals surface area contributed by atoms with Crippen molar-refractivity contribution in [3.8, 4) is 11.4 Å². The van der Waals surface area contributed by atoms with Crippen LogP contribution in [0.3, 0.4) is 0 Å². The van der Waals surface area contributed by atoms with Gasteiger partial charge in [0.25, 0.3) is 0 Å². The topological polar surface area (TPSA) is 95.1 Å². The maximum Gasteiger partial charge on any atom is 0.227 e. The van der Waals surface area contributed by atoms with E-state index < -0.39 is 5.41 Å². The van der Waals surface area contributed by atoms with Gasteiger partial charge in [-0.15, -0.1) is 5.10 Å². The summed E-state index contributed by atoms with van der Waals surface area (Å²) in [5.41, 5.74) is 6.86. The lowest BCUT2D eigenvalue weighted by Crippen LogP contribution is -2.45. The van der Waals surface area contributed by atoms with Crippen LogP contribution in [0, 0.1) is 5.41 Å². The van der Waals surface area contributed by atoms with E-state index in [0.717, 1.165) is 11.4 Å². The van der Waals surface area contributed by atoms with E-state index in [9.17, 15) is 4.79 Å². The fraction of sp³-hybridized carbons (Fsp3) is 0.471. The minimum atomic E-state index is -0.508. The Labute approximate surface area is 142 Å². The quantitative estimate of drug-likeness (QED) is 0.767. The maximum atomic E-state index is 12.4. The van der Waals surface area contributed by atoms with E-state index in [1.165, 1.54) is 0 Å². The number of amides is 1. The van der Waals surface area contributed by atoms with Crippen LogP contribution in [-0.4, -0.2) is 34.6 Å². The number of nitrogens with zero attached hydrogens (tertiary/aromatic N) is 3. The summed E-state index contributed by atoms with van der Waals surface area (Å²) in [6, 6.07) is 7.50. The molecule has 0 aliphatic rings. The fourth-order valence-corrected chi connectivity index (χ4v) is 2.55. The highest BCUT2D eigenvalue weighted by Crippen LogP contribution is 2.25. The number of carbonyl (C=O) groups excluding carboxylic acids is 1. The molecule has 24 heavy (non-hydrogen) atoms. The third-order valence-corrected chi connectivity index (χ3v) is 4.53. The Bertz CT molecular complexity index is 654. The summed E-state index contributed by atoms with van der Waals surface area (Å²) < 4.78 is 6.80. The van der Waals surface area contributed by atoms with Crippen LogP contribution >= 0.6 is 0 Å². The highest BCUT2D eigenvalue weighted by molar-refractivity contribution is 5.82. The van der Waals surface area contributed by atoms with Crippen molar-refractivity contribution in [1.82, 2.24) is 20.3 Å². The average Bonchev–Trinajstić information content (AvgIpc) is 3.11. The van der Waals surface area contributed by atoms with Gasteiger partial charge < -0.3 is 15.8 Å². The van der Waals surface area contributed by atoms with Gasteiger partial charge in [0.2, 0.25) is 5.91 Å². The van der Waals surface area contributed by atoms with Gasteiger partial charge in [0.15, 0.2) is 0 Å². The Morgan fingerprint density at radius 3 is 2.50 bits per heavy atom. The molecule has 7 nitrogen and oxygen atoms in total. The molecule has 0 aliphatic carbocycles. The molecular formula is C17H25N5O2. The molecule has 7 heteroatoms. The number of benzene rings is 1. The zero-order valence-corrected chi connectivity index (χ0v) is 14.5. The lowest BCUT2D eigenvalue weighted by molar-refractivity contribution is -0.131. The van der Waals surface area contributed by atoms with Gasteiger partial charge in [-0.2, -0.15) is 0 Å². The SMILES string of the molecule is CCC(CC)(CN)C(=O)NCc1cn(-c2ccc(OC)cc2)nn1. The number of aromatic nitrogens is 3. The molecule has 1 aromatic carbocycles. The van der Waals surface area contributed by atoms with Crippen molar-refractivity contribution in [3.63, 3.8) is 0 Å². The molecule has 0 atom stereocenters. The van der Waals surface area contributed by atoms with Gasteiger partial charge in [-0.05, 0) is 37.1 Å². The standard InChI is InChI=1S/C17H25N5O2/c1-4-17(5-2,12-18)16(23)19-10-13-11-22(21-20-13)14-6-8-15(24-3)9-7-14/h6-9,11H,4-5,10,12,18H2,1-3H3,(H,19,23). The molecule has 0 saturated carbocycles. The molecule has 0 spiro atoms. The molecule has 2 rings (SSSR count). The van der Waals surface area contributed by atoms with E-state index in [4.69, 9.17) is 10.5 Å². The highest BCUT2D eigenvalue weighted by atomic mass is 16.5. The number of ether oxygens (including phenoxy) is 1. The zero-order chi connectivity index (χ0) is 17.6. The summed E-state index contributed by atoms with van der Waals surface area (Å²) in [6.45, 7) is 4.63. The molecule has 0 aliphatic heterocycles. The molecule has 2 aromatic rings. The van der Waals surface area contributed by atoms with Crippen LogP contribution in [0.5, 0.6) is 5.75 Å². The van der Waals surface area contributed by atoms with Gasteiger partial charge in [0, 0.05) is 6.54 Å². The smallest absolute Gasteiger partial charge is 0.227 e. The Morgan fingerprint density at radius 2 is 1.96 bits per heavy atom. The third kappa shape index (κ3) is 3.73.